The summed E-state index contributed by atoms with van der Waals surface area (Å²) < 4.78 is 6.36. The number of allylic oxidation sites excluding steroid dienone is 1. The SMILES string of the molecule is COc1ccc(CNC(=O)c2sc3c(c2CC=CC(=O)O)c(=O)[nH]c(=O)n3C)cc1. The van der Waals surface area contributed by atoms with E-state index in [0.717, 1.165) is 23.0 Å². The van der Waals surface area contributed by atoms with Crippen LogP contribution in [0, 0.1) is 0 Å². The van der Waals surface area contributed by atoms with Gasteiger partial charge in [0.2, 0.25) is 0 Å². The molecule has 0 atom stereocenters. The number of aromatic amines is 1. The number of methoxy groups -OCH3 is 1. The highest BCUT2D eigenvalue weighted by atomic mass is 32.1. The Balaban J connectivity index is 1.97. The summed E-state index contributed by atoms with van der Waals surface area (Å²) in [5.74, 6) is -0.860. The number of ether oxygens (including phenoxy) is 1. The van der Waals surface area contributed by atoms with Gasteiger partial charge in [-0.3, -0.25) is 19.1 Å². The number of H-pyrrole nitrogens is 1. The molecule has 1 amide bonds. The van der Waals surface area contributed by atoms with Gasteiger partial charge in [0.1, 0.15) is 10.6 Å². The van der Waals surface area contributed by atoms with Crippen LogP contribution in [0.5, 0.6) is 5.75 Å². The molecule has 0 saturated heterocycles. The van der Waals surface area contributed by atoms with Crippen molar-refractivity contribution in [1.29, 1.82) is 0 Å². The Labute approximate surface area is 174 Å². The molecule has 0 fully saturated rings. The van der Waals surface area contributed by atoms with Gasteiger partial charge in [0, 0.05) is 19.7 Å². The number of carbonyl (C=O) groups is 2. The zero-order valence-electron chi connectivity index (χ0n) is 16.2. The number of hydrogen-bond donors (Lipinski definition) is 3. The van der Waals surface area contributed by atoms with Gasteiger partial charge in [-0.1, -0.05) is 18.2 Å². The van der Waals surface area contributed by atoms with Crippen molar-refractivity contribution in [2.45, 2.75) is 13.0 Å². The minimum Gasteiger partial charge on any atom is -0.497 e. The van der Waals surface area contributed by atoms with Gasteiger partial charge in [-0.15, -0.1) is 11.3 Å². The van der Waals surface area contributed by atoms with E-state index in [1.165, 1.54) is 17.7 Å². The third-order valence-corrected chi connectivity index (χ3v) is 5.75. The van der Waals surface area contributed by atoms with Gasteiger partial charge < -0.3 is 15.2 Å². The average molecular weight is 429 g/mol. The van der Waals surface area contributed by atoms with Crippen LogP contribution in [-0.2, 0) is 24.8 Å². The molecule has 0 aliphatic rings. The van der Waals surface area contributed by atoms with E-state index < -0.39 is 23.1 Å². The molecule has 2 heterocycles. The minimum atomic E-state index is -1.14. The van der Waals surface area contributed by atoms with E-state index in [-0.39, 0.29) is 23.2 Å². The summed E-state index contributed by atoms with van der Waals surface area (Å²) in [7, 11) is 3.06. The number of aliphatic carboxylic acids is 1. The van der Waals surface area contributed by atoms with Crippen LogP contribution in [0.1, 0.15) is 20.8 Å². The maximum absolute atomic E-state index is 12.9. The van der Waals surface area contributed by atoms with Crippen molar-refractivity contribution in [1.82, 2.24) is 14.9 Å². The predicted octanol–water partition coefficient (Wildman–Crippen LogP) is 1.41. The fraction of sp³-hybridized carbons (Fsp3) is 0.200. The van der Waals surface area contributed by atoms with Gasteiger partial charge in [-0.05, 0) is 29.7 Å². The number of hydrogen-bond acceptors (Lipinski definition) is 6. The smallest absolute Gasteiger partial charge is 0.329 e. The lowest BCUT2D eigenvalue weighted by molar-refractivity contribution is -0.131. The van der Waals surface area contributed by atoms with Crippen LogP contribution < -0.4 is 21.3 Å². The van der Waals surface area contributed by atoms with Crippen molar-refractivity contribution in [3.63, 3.8) is 0 Å². The molecule has 10 heteroatoms. The standard InChI is InChI=1S/C20H19N3O6S/c1-23-19-15(17(26)22-20(23)28)13(4-3-5-14(24)25)16(30-19)18(27)21-10-11-6-8-12(29-2)9-7-11/h3,5-9H,4,10H2,1-2H3,(H,21,27)(H,24,25)(H,22,26,28). The van der Waals surface area contributed by atoms with Crippen LogP contribution in [0.15, 0.2) is 46.0 Å². The number of rotatable bonds is 7. The Hall–Kier alpha value is -3.66. The van der Waals surface area contributed by atoms with E-state index in [1.54, 1.807) is 19.2 Å². The van der Waals surface area contributed by atoms with Crippen LogP contribution in [0.25, 0.3) is 10.2 Å². The van der Waals surface area contributed by atoms with Gasteiger partial charge in [0.25, 0.3) is 11.5 Å². The summed E-state index contributed by atoms with van der Waals surface area (Å²) in [4.78, 5) is 50.8. The number of carbonyl (C=O) groups excluding carboxylic acids is 1. The zero-order valence-corrected chi connectivity index (χ0v) is 17.0. The van der Waals surface area contributed by atoms with Crippen molar-refractivity contribution in [3.05, 3.63) is 73.3 Å². The first-order chi connectivity index (χ1) is 14.3. The third kappa shape index (κ3) is 4.33. The molecule has 156 valence electrons. The first-order valence-corrected chi connectivity index (χ1v) is 9.68. The summed E-state index contributed by atoms with van der Waals surface area (Å²) in [6.07, 6.45) is 2.35. The highest BCUT2D eigenvalue weighted by Gasteiger charge is 2.22. The molecule has 0 unspecified atom stereocenters. The number of carboxylic acids is 1. The molecule has 3 rings (SSSR count). The first kappa shape index (κ1) is 21.1. The monoisotopic (exact) mass is 429 g/mol. The van der Waals surface area contributed by atoms with Crippen LogP contribution in [0.4, 0.5) is 0 Å². The highest BCUT2D eigenvalue weighted by molar-refractivity contribution is 7.20. The highest BCUT2D eigenvalue weighted by Crippen LogP contribution is 2.29. The number of amides is 1. The second kappa shape index (κ2) is 8.78. The summed E-state index contributed by atoms with van der Waals surface area (Å²) >= 11 is 1.02. The molecule has 0 saturated carbocycles. The molecule has 2 aromatic heterocycles. The molecular formula is C20H19N3O6S. The molecule has 3 N–H and O–H groups in total. The van der Waals surface area contributed by atoms with Gasteiger partial charge in [-0.2, -0.15) is 0 Å². The number of fused-ring (bicyclic) bond motifs is 1. The summed E-state index contributed by atoms with van der Waals surface area (Å²) in [6.45, 7) is 0.247. The van der Waals surface area contributed by atoms with Crippen LogP contribution in [0.2, 0.25) is 0 Å². The number of aromatic nitrogens is 2. The maximum Gasteiger partial charge on any atom is 0.329 e. The van der Waals surface area contributed by atoms with Gasteiger partial charge in [-0.25, -0.2) is 9.59 Å². The molecule has 30 heavy (non-hydrogen) atoms. The second-order valence-electron chi connectivity index (χ2n) is 6.38. The molecule has 0 aliphatic heterocycles. The number of carboxylic acid groups (broad SMARTS) is 1. The van der Waals surface area contributed by atoms with E-state index in [1.807, 2.05) is 12.1 Å². The van der Waals surface area contributed by atoms with Crippen molar-refractivity contribution in [2.24, 2.45) is 7.05 Å². The minimum absolute atomic E-state index is 0.0544. The second-order valence-corrected chi connectivity index (χ2v) is 7.38. The number of thiophene rings is 1. The van der Waals surface area contributed by atoms with E-state index in [2.05, 4.69) is 10.3 Å². The summed E-state index contributed by atoms with van der Waals surface area (Å²) in [6, 6.07) is 7.18. The fourth-order valence-corrected chi connectivity index (χ4v) is 4.12. The van der Waals surface area contributed by atoms with Gasteiger partial charge in [0.05, 0.1) is 17.4 Å². The van der Waals surface area contributed by atoms with Crippen molar-refractivity contribution < 1.29 is 19.4 Å². The number of nitrogens with zero attached hydrogens (tertiary/aromatic N) is 1. The van der Waals surface area contributed by atoms with E-state index in [9.17, 15) is 19.2 Å². The predicted molar refractivity (Wildman–Crippen MR) is 112 cm³/mol. The van der Waals surface area contributed by atoms with Crippen LogP contribution in [-0.4, -0.2) is 33.6 Å². The normalized spacial score (nSPS) is 11.1. The number of aryl methyl sites for hydroxylation is 1. The molecule has 0 aliphatic carbocycles. The molecule has 3 aromatic rings. The third-order valence-electron chi connectivity index (χ3n) is 4.45. The first-order valence-electron chi connectivity index (χ1n) is 8.87. The van der Waals surface area contributed by atoms with Gasteiger partial charge >= 0.3 is 11.7 Å². The fourth-order valence-electron chi connectivity index (χ4n) is 2.92. The Morgan fingerprint density at radius 1 is 1.27 bits per heavy atom. The van der Waals surface area contributed by atoms with Crippen LogP contribution >= 0.6 is 11.3 Å². The Morgan fingerprint density at radius 2 is 1.97 bits per heavy atom. The lowest BCUT2D eigenvalue weighted by Gasteiger charge is -2.06. The molecule has 9 nitrogen and oxygen atoms in total. The number of benzene rings is 1. The van der Waals surface area contributed by atoms with Gasteiger partial charge in [0.15, 0.2) is 0 Å². The lowest BCUT2D eigenvalue weighted by Crippen LogP contribution is -2.28. The summed E-state index contributed by atoms with van der Waals surface area (Å²) in [5, 5.41) is 11.8. The van der Waals surface area contributed by atoms with E-state index in [4.69, 9.17) is 9.84 Å². The largest absolute Gasteiger partial charge is 0.497 e. The molecule has 0 spiro atoms. The van der Waals surface area contributed by atoms with Crippen molar-refractivity contribution in [3.8, 4) is 5.75 Å². The number of nitrogens with one attached hydrogen (secondary N) is 2. The quantitative estimate of drug-likeness (QED) is 0.487. The van der Waals surface area contributed by atoms with Crippen molar-refractivity contribution >= 4 is 33.4 Å². The van der Waals surface area contributed by atoms with E-state index >= 15 is 0 Å². The maximum atomic E-state index is 12.9. The Bertz CT molecular complexity index is 1250. The van der Waals surface area contributed by atoms with E-state index in [0.29, 0.717) is 16.1 Å². The molecule has 0 bridgehead atoms. The molecule has 1 aromatic carbocycles. The topological polar surface area (TPSA) is 130 Å². The molecule has 0 radical (unpaired) electrons. The zero-order chi connectivity index (χ0) is 21.8. The van der Waals surface area contributed by atoms with Crippen molar-refractivity contribution in [2.75, 3.05) is 7.11 Å². The Morgan fingerprint density at radius 3 is 2.60 bits per heavy atom. The van der Waals surface area contributed by atoms with Crippen LogP contribution in [0.3, 0.4) is 0 Å². The average Bonchev–Trinajstić information content (AvgIpc) is 3.10. The Kier molecular flexibility index (Phi) is 6.17. The summed E-state index contributed by atoms with van der Waals surface area (Å²) in [5.41, 5.74) is 0.0169. The molecular weight excluding hydrogens is 410 g/mol. The lowest BCUT2D eigenvalue weighted by atomic mass is 10.1.